The Morgan fingerprint density at radius 3 is 2.39 bits per heavy atom. The summed E-state index contributed by atoms with van der Waals surface area (Å²) in [7, 11) is 1.78. The zero-order valence-corrected chi connectivity index (χ0v) is 19.0. The number of nitrogens with one attached hydrogen (secondary N) is 1. The van der Waals surface area contributed by atoms with Gasteiger partial charge in [0.1, 0.15) is 11.2 Å². The summed E-state index contributed by atoms with van der Waals surface area (Å²) in [6.07, 6.45) is 1.45. The number of carboxylic acids is 1. The second-order valence-electron chi connectivity index (χ2n) is 7.66. The Morgan fingerprint density at radius 1 is 1.29 bits per heavy atom. The maximum atomic E-state index is 13.2. The van der Waals surface area contributed by atoms with Crippen LogP contribution >= 0.6 is 23.2 Å². The number of hydrogen-bond donors (Lipinski definition) is 2. The molecule has 0 bridgehead atoms. The van der Waals surface area contributed by atoms with Crippen molar-refractivity contribution in [2.75, 3.05) is 13.2 Å². The highest BCUT2D eigenvalue weighted by molar-refractivity contribution is 6.55. The van der Waals surface area contributed by atoms with Gasteiger partial charge in [0.2, 0.25) is 0 Å². The summed E-state index contributed by atoms with van der Waals surface area (Å²) in [4.78, 5) is 24.4. The first kappa shape index (κ1) is 23.1. The van der Waals surface area contributed by atoms with Gasteiger partial charge in [0.05, 0.1) is 29.2 Å². The van der Waals surface area contributed by atoms with E-state index in [0.717, 1.165) is 11.3 Å². The van der Waals surface area contributed by atoms with Gasteiger partial charge in [-0.15, -0.1) is 0 Å². The number of aromatic nitrogens is 1. The van der Waals surface area contributed by atoms with E-state index in [1.54, 1.807) is 36.7 Å². The van der Waals surface area contributed by atoms with E-state index in [0.29, 0.717) is 40.1 Å². The van der Waals surface area contributed by atoms with Gasteiger partial charge in [-0.1, -0.05) is 54.0 Å². The number of allylic oxidation sites excluding steroid dienone is 2. The normalized spacial score (nSPS) is 16.7. The van der Waals surface area contributed by atoms with Crippen LogP contribution in [0.4, 0.5) is 0 Å². The van der Waals surface area contributed by atoms with Crippen molar-refractivity contribution in [2.45, 2.75) is 25.3 Å². The Labute approximate surface area is 191 Å². The molecule has 0 radical (unpaired) electrons. The van der Waals surface area contributed by atoms with E-state index in [9.17, 15) is 14.7 Å². The number of nitrogens with zero attached hydrogens (tertiary/aromatic N) is 1. The zero-order chi connectivity index (χ0) is 22.9. The minimum absolute atomic E-state index is 0.276. The number of halogens is 2. The first-order valence-electron chi connectivity index (χ1n) is 9.69. The average Bonchev–Trinajstić information content (AvgIpc) is 3.03. The number of aliphatic carboxylic acids is 1. The van der Waals surface area contributed by atoms with E-state index < -0.39 is 17.4 Å². The maximum absolute atomic E-state index is 13.2. The SMILES string of the molecule is C=C/C(Cl)=C(/Cl)c1cc(C(=O)NC2(c3ccc([C@@H](C)C(=O)O)cc3)COC2)n(C)c1C. The highest BCUT2D eigenvalue weighted by Gasteiger charge is 2.42. The number of amides is 1. The van der Waals surface area contributed by atoms with Crippen LogP contribution in [0.25, 0.3) is 5.03 Å². The van der Waals surface area contributed by atoms with Crippen LogP contribution in [0.5, 0.6) is 0 Å². The van der Waals surface area contributed by atoms with Gasteiger partial charge in [0.15, 0.2) is 0 Å². The molecule has 0 spiro atoms. The number of rotatable bonds is 7. The molecule has 1 atom stereocenters. The van der Waals surface area contributed by atoms with Crippen molar-refractivity contribution < 1.29 is 19.4 Å². The van der Waals surface area contributed by atoms with Gasteiger partial charge in [-0.2, -0.15) is 0 Å². The molecule has 2 heterocycles. The fraction of sp³-hybridized carbons (Fsp3) is 0.304. The topological polar surface area (TPSA) is 80.6 Å². The molecule has 1 fully saturated rings. The fourth-order valence-corrected chi connectivity index (χ4v) is 3.86. The molecular formula is C23H24Cl2N2O4. The molecule has 3 rings (SSSR count). The van der Waals surface area contributed by atoms with Crippen LogP contribution in [0, 0.1) is 6.92 Å². The standard InChI is InChI=1S/C23H24Cl2N2O4/c1-5-18(24)20(25)17-10-19(27(4)14(17)3)21(28)26-23(11-31-12-23)16-8-6-15(7-9-16)13(2)22(29)30/h5-10,13H,1,11-12H2,2-4H3,(H,26,28)(H,29,30)/b20-18-/t13-/m1/s1. The van der Waals surface area contributed by atoms with Crippen LogP contribution in [0.15, 0.2) is 48.0 Å². The molecule has 164 valence electrons. The lowest BCUT2D eigenvalue weighted by atomic mass is 9.86. The van der Waals surface area contributed by atoms with E-state index in [1.807, 2.05) is 19.1 Å². The van der Waals surface area contributed by atoms with Gasteiger partial charge in [-0.3, -0.25) is 9.59 Å². The van der Waals surface area contributed by atoms with Crippen LogP contribution in [0.3, 0.4) is 0 Å². The minimum Gasteiger partial charge on any atom is -0.481 e. The largest absolute Gasteiger partial charge is 0.481 e. The van der Waals surface area contributed by atoms with Crippen molar-refractivity contribution in [1.82, 2.24) is 9.88 Å². The third-order valence-electron chi connectivity index (χ3n) is 5.78. The Bertz CT molecular complexity index is 1070. The molecule has 6 nitrogen and oxygen atoms in total. The first-order valence-corrected chi connectivity index (χ1v) is 10.4. The van der Waals surface area contributed by atoms with E-state index >= 15 is 0 Å². The molecular weight excluding hydrogens is 439 g/mol. The van der Waals surface area contributed by atoms with Gasteiger partial charge >= 0.3 is 5.97 Å². The third-order valence-corrected chi connectivity index (χ3v) is 6.62. The molecule has 31 heavy (non-hydrogen) atoms. The second-order valence-corrected chi connectivity index (χ2v) is 8.45. The second kappa shape index (κ2) is 8.91. The number of carbonyl (C=O) groups excluding carboxylic acids is 1. The third kappa shape index (κ3) is 4.28. The van der Waals surface area contributed by atoms with Crippen LogP contribution in [0.2, 0.25) is 0 Å². The summed E-state index contributed by atoms with van der Waals surface area (Å²) in [6, 6.07) is 8.91. The van der Waals surface area contributed by atoms with Crippen molar-refractivity contribution in [3.8, 4) is 0 Å². The summed E-state index contributed by atoms with van der Waals surface area (Å²) in [6.45, 7) is 7.76. The molecule has 2 aromatic rings. The molecule has 1 aromatic heterocycles. The van der Waals surface area contributed by atoms with Gasteiger partial charge in [-0.25, -0.2) is 0 Å². The summed E-state index contributed by atoms with van der Waals surface area (Å²) in [5, 5.41) is 12.9. The Morgan fingerprint density at radius 2 is 1.90 bits per heavy atom. The van der Waals surface area contributed by atoms with Crippen molar-refractivity contribution in [3.63, 3.8) is 0 Å². The monoisotopic (exact) mass is 462 g/mol. The van der Waals surface area contributed by atoms with Crippen molar-refractivity contribution in [1.29, 1.82) is 0 Å². The predicted octanol–water partition coefficient (Wildman–Crippen LogP) is 4.51. The number of carbonyl (C=O) groups is 2. The number of carboxylic acid groups (broad SMARTS) is 1. The summed E-state index contributed by atoms with van der Waals surface area (Å²) in [5.74, 6) is -1.77. The van der Waals surface area contributed by atoms with Crippen LogP contribution in [-0.2, 0) is 22.1 Å². The van der Waals surface area contributed by atoms with Gasteiger partial charge in [-0.05, 0) is 37.1 Å². The molecule has 8 heteroatoms. The minimum atomic E-state index is -0.887. The predicted molar refractivity (Wildman–Crippen MR) is 121 cm³/mol. The Balaban J connectivity index is 1.88. The van der Waals surface area contributed by atoms with Crippen LogP contribution in [-0.4, -0.2) is 34.8 Å². The molecule has 0 saturated carbocycles. The van der Waals surface area contributed by atoms with Gasteiger partial charge in [0, 0.05) is 18.3 Å². The fourth-order valence-electron chi connectivity index (χ4n) is 3.49. The summed E-state index contributed by atoms with van der Waals surface area (Å²) >= 11 is 12.5. The van der Waals surface area contributed by atoms with E-state index in [2.05, 4.69) is 11.9 Å². The van der Waals surface area contributed by atoms with E-state index in [-0.39, 0.29) is 5.91 Å². The maximum Gasteiger partial charge on any atom is 0.310 e. The molecule has 2 N–H and O–H groups in total. The number of benzene rings is 1. The molecule has 1 saturated heterocycles. The van der Waals surface area contributed by atoms with Crippen LogP contribution in [0.1, 0.15) is 45.7 Å². The Kier molecular flexibility index (Phi) is 6.65. The van der Waals surface area contributed by atoms with E-state index in [4.69, 9.17) is 27.9 Å². The lowest BCUT2D eigenvalue weighted by Gasteiger charge is -2.42. The summed E-state index contributed by atoms with van der Waals surface area (Å²) < 4.78 is 7.17. The van der Waals surface area contributed by atoms with Crippen molar-refractivity contribution in [3.05, 3.63) is 76.1 Å². The quantitative estimate of drug-likeness (QED) is 0.593. The molecule has 1 aliphatic heterocycles. The number of ether oxygens (including phenoxy) is 1. The number of hydrogen-bond acceptors (Lipinski definition) is 3. The molecule has 0 aliphatic carbocycles. The average molecular weight is 463 g/mol. The molecule has 1 amide bonds. The zero-order valence-electron chi connectivity index (χ0n) is 17.5. The van der Waals surface area contributed by atoms with Crippen LogP contribution < -0.4 is 5.32 Å². The highest BCUT2D eigenvalue weighted by atomic mass is 35.5. The first-order chi connectivity index (χ1) is 14.6. The molecule has 1 aliphatic rings. The lowest BCUT2D eigenvalue weighted by molar-refractivity contribution is -0.138. The van der Waals surface area contributed by atoms with Crippen molar-refractivity contribution >= 4 is 40.1 Å². The van der Waals surface area contributed by atoms with Gasteiger partial charge < -0.3 is 19.7 Å². The molecule has 1 aromatic carbocycles. The Hall–Kier alpha value is -2.54. The van der Waals surface area contributed by atoms with E-state index in [1.165, 1.54) is 6.08 Å². The van der Waals surface area contributed by atoms with Crippen molar-refractivity contribution in [2.24, 2.45) is 7.05 Å². The van der Waals surface area contributed by atoms with Gasteiger partial charge in [0.25, 0.3) is 5.91 Å². The smallest absolute Gasteiger partial charge is 0.310 e. The highest BCUT2D eigenvalue weighted by Crippen LogP contribution is 2.33. The molecule has 0 unspecified atom stereocenters. The lowest BCUT2D eigenvalue weighted by Crippen LogP contribution is -2.59. The summed E-state index contributed by atoms with van der Waals surface area (Å²) in [5.41, 5.74) is 2.75.